The number of rotatable bonds is 4. The number of phenolic OH excluding ortho intramolecular Hbond substituents is 1. The summed E-state index contributed by atoms with van der Waals surface area (Å²) in [7, 11) is 1.28. The van der Waals surface area contributed by atoms with Gasteiger partial charge in [-0.25, -0.2) is 9.59 Å². The number of hydrogen-bond donors (Lipinski definition) is 1. The zero-order valence-corrected chi connectivity index (χ0v) is 17.7. The minimum Gasteiger partial charge on any atom is -0.504 e. The first kappa shape index (κ1) is 21.5. The predicted molar refractivity (Wildman–Crippen MR) is 110 cm³/mol. The molecule has 30 heavy (non-hydrogen) atoms. The second-order valence-electron chi connectivity index (χ2n) is 8.21. The van der Waals surface area contributed by atoms with Gasteiger partial charge >= 0.3 is 12.1 Å². The number of carbonyl (C=O) groups excluding carboxylic acids is 2. The summed E-state index contributed by atoms with van der Waals surface area (Å²) in [6.45, 7) is 5.75. The number of aromatic hydroxyl groups is 1. The molecule has 0 aromatic heterocycles. The van der Waals surface area contributed by atoms with Crippen LogP contribution in [0.1, 0.15) is 37.5 Å². The van der Waals surface area contributed by atoms with Gasteiger partial charge in [0, 0.05) is 6.42 Å². The Kier molecular flexibility index (Phi) is 6.20. The maximum Gasteiger partial charge on any atom is 0.411 e. The smallest absolute Gasteiger partial charge is 0.411 e. The van der Waals surface area contributed by atoms with Gasteiger partial charge < -0.3 is 19.3 Å². The van der Waals surface area contributed by atoms with Crippen molar-refractivity contribution < 1.29 is 28.9 Å². The molecule has 0 fully saturated rings. The van der Waals surface area contributed by atoms with E-state index in [1.54, 1.807) is 32.9 Å². The van der Waals surface area contributed by atoms with Gasteiger partial charge in [0.25, 0.3) is 0 Å². The zero-order valence-electron chi connectivity index (χ0n) is 17.7. The number of amides is 1. The van der Waals surface area contributed by atoms with E-state index in [1.165, 1.54) is 12.0 Å². The standard InChI is InChI=1S/C23H27NO6/c1-23(2,3)30-22(27)24-13-17-12-20(29-14-15-8-6-5-7-9-15)19(25)11-16(17)10-18(24)21(26)28-4/h5-9,11-12,18,25H,10,13-14H2,1-4H3/t18-/m0/s1. The third-order valence-electron chi connectivity index (χ3n) is 4.75. The minimum atomic E-state index is -0.826. The van der Waals surface area contributed by atoms with Gasteiger partial charge in [-0.2, -0.15) is 0 Å². The molecule has 0 spiro atoms. The van der Waals surface area contributed by atoms with E-state index in [-0.39, 0.29) is 18.7 Å². The second-order valence-corrected chi connectivity index (χ2v) is 8.21. The summed E-state index contributed by atoms with van der Waals surface area (Å²) in [5.41, 5.74) is 1.81. The lowest BCUT2D eigenvalue weighted by molar-refractivity contribution is -0.147. The molecule has 1 atom stereocenters. The first-order valence-electron chi connectivity index (χ1n) is 9.77. The highest BCUT2D eigenvalue weighted by atomic mass is 16.6. The number of esters is 1. The SMILES string of the molecule is COC(=O)[C@@H]1Cc2cc(O)c(OCc3ccccc3)cc2CN1C(=O)OC(C)(C)C. The molecule has 0 unspecified atom stereocenters. The third-order valence-corrected chi connectivity index (χ3v) is 4.75. The van der Waals surface area contributed by atoms with Gasteiger partial charge in [-0.1, -0.05) is 30.3 Å². The average Bonchev–Trinajstić information content (AvgIpc) is 2.70. The summed E-state index contributed by atoms with van der Waals surface area (Å²) in [6.07, 6.45) is -0.378. The average molecular weight is 413 g/mol. The zero-order chi connectivity index (χ0) is 21.9. The van der Waals surface area contributed by atoms with Crippen molar-refractivity contribution in [1.82, 2.24) is 4.90 Å². The summed E-state index contributed by atoms with van der Waals surface area (Å²) >= 11 is 0. The Balaban J connectivity index is 1.86. The van der Waals surface area contributed by atoms with E-state index in [9.17, 15) is 14.7 Å². The van der Waals surface area contributed by atoms with E-state index >= 15 is 0 Å². The highest BCUT2D eigenvalue weighted by molar-refractivity contribution is 5.82. The number of carbonyl (C=O) groups is 2. The van der Waals surface area contributed by atoms with Gasteiger partial charge in [-0.05, 0) is 49.6 Å². The van der Waals surface area contributed by atoms with Crippen LogP contribution in [0, 0.1) is 0 Å². The number of fused-ring (bicyclic) bond motifs is 1. The Morgan fingerprint density at radius 1 is 1.13 bits per heavy atom. The molecule has 0 saturated heterocycles. The van der Waals surface area contributed by atoms with Gasteiger partial charge in [0.1, 0.15) is 18.2 Å². The van der Waals surface area contributed by atoms with Crippen molar-refractivity contribution in [3.05, 3.63) is 59.2 Å². The van der Waals surface area contributed by atoms with Crippen LogP contribution < -0.4 is 4.74 Å². The molecule has 7 heteroatoms. The molecule has 0 saturated carbocycles. The van der Waals surface area contributed by atoms with E-state index in [4.69, 9.17) is 14.2 Å². The number of phenols is 1. The topological polar surface area (TPSA) is 85.3 Å². The maximum absolute atomic E-state index is 12.7. The summed E-state index contributed by atoms with van der Waals surface area (Å²) in [4.78, 5) is 26.4. The number of methoxy groups -OCH3 is 1. The fourth-order valence-electron chi connectivity index (χ4n) is 3.31. The van der Waals surface area contributed by atoms with Crippen LogP contribution in [-0.4, -0.2) is 40.8 Å². The molecular formula is C23H27NO6. The largest absolute Gasteiger partial charge is 0.504 e. The van der Waals surface area contributed by atoms with Gasteiger partial charge in [0.2, 0.25) is 0 Å². The van der Waals surface area contributed by atoms with Crippen LogP contribution in [0.15, 0.2) is 42.5 Å². The summed E-state index contributed by atoms with van der Waals surface area (Å²) in [5, 5.41) is 10.4. The van der Waals surface area contributed by atoms with Gasteiger partial charge in [0.15, 0.2) is 11.5 Å². The van der Waals surface area contributed by atoms with Gasteiger partial charge in [-0.15, -0.1) is 0 Å². The molecule has 1 heterocycles. The molecular weight excluding hydrogens is 386 g/mol. The van der Waals surface area contributed by atoms with Crippen LogP contribution in [0.2, 0.25) is 0 Å². The summed E-state index contributed by atoms with van der Waals surface area (Å²) in [6, 6.07) is 12.1. The Bertz CT molecular complexity index is 919. The summed E-state index contributed by atoms with van der Waals surface area (Å²) in [5.74, 6) is -0.229. The van der Waals surface area contributed by atoms with Crippen molar-refractivity contribution in [2.24, 2.45) is 0 Å². The molecule has 2 aromatic carbocycles. The van der Waals surface area contributed by atoms with Gasteiger partial charge in [-0.3, -0.25) is 4.90 Å². The maximum atomic E-state index is 12.7. The Labute approximate surface area is 176 Å². The molecule has 3 rings (SSSR count). The number of benzene rings is 2. The molecule has 1 aliphatic rings. The third kappa shape index (κ3) is 5.03. The lowest BCUT2D eigenvalue weighted by atomic mass is 9.93. The first-order valence-corrected chi connectivity index (χ1v) is 9.77. The molecule has 7 nitrogen and oxygen atoms in total. The highest BCUT2D eigenvalue weighted by Crippen LogP contribution is 2.35. The van der Waals surface area contributed by atoms with Crippen LogP contribution in [0.5, 0.6) is 11.5 Å². The molecule has 1 amide bonds. The van der Waals surface area contributed by atoms with Crippen LogP contribution >= 0.6 is 0 Å². The van der Waals surface area contributed by atoms with Crippen LogP contribution in [0.4, 0.5) is 4.79 Å². The Hall–Kier alpha value is -3.22. The minimum absolute atomic E-state index is 0.0148. The van der Waals surface area contributed by atoms with Crippen molar-refractivity contribution in [2.75, 3.05) is 7.11 Å². The summed E-state index contributed by atoms with van der Waals surface area (Å²) < 4.78 is 16.1. The van der Waals surface area contributed by atoms with Crippen LogP contribution in [0.25, 0.3) is 0 Å². The Morgan fingerprint density at radius 2 is 1.83 bits per heavy atom. The van der Waals surface area contributed by atoms with E-state index in [0.717, 1.165) is 16.7 Å². The highest BCUT2D eigenvalue weighted by Gasteiger charge is 2.38. The number of ether oxygens (including phenoxy) is 3. The molecule has 0 aliphatic carbocycles. The van der Waals surface area contributed by atoms with Crippen molar-refractivity contribution >= 4 is 12.1 Å². The van der Waals surface area contributed by atoms with E-state index < -0.39 is 23.7 Å². The second kappa shape index (κ2) is 8.65. The van der Waals surface area contributed by atoms with Gasteiger partial charge in [0.05, 0.1) is 13.7 Å². The molecule has 1 aliphatic heterocycles. The number of nitrogens with zero attached hydrogens (tertiary/aromatic N) is 1. The lowest BCUT2D eigenvalue weighted by Crippen LogP contribution is -2.50. The van der Waals surface area contributed by atoms with E-state index in [1.807, 2.05) is 30.3 Å². The van der Waals surface area contributed by atoms with Crippen molar-refractivity contribution in [2.45, 2.75) is 52.0 Å². The van der Waals surface area contributed by atoms with Crippen LogP contribution in [-0.2, 0) is 33.8 Å². The fourth-order valence-corrected chi connectivity index (χ4v) is 3.31. The van der Waals surface area contributed by atoms with Crippen LogP contribution in [0.3, 0.4) is 0 Å². The molecule has 0 bridgehead atoms. The monoisotopic (exact) mass is 413 g/mol. The fraction of sp³-hybridized carbons (Fsp3) is 0.391. The number of hydrogen-bond acceptors (Lipinski definition) is 6. The van der Waals surface area contributed by atoms with Crippen molar-refractivity contribution in [1.29, 1.82) is 0 Å². The Morgan fingerprint density at radius 3 is 2.47 bits per heavy atom. The normalized spacial score (nSPS) is 15.9. The lowest BCUT2D eigenvalue weighted by Gasteiger charge is -2.36. The van der Waals surface area contributed by atoms with Crippen molar-refractivity contribution in [3.63, 3.8) is 0 Å². The first-order chi connectivity index (χ1) is 14.2. The van der Waals surface area contributed by atoms with E-state index in [2.05, 4.69) is 0 Å². The molecule has 160 valence electrons. The molecule has 2 aromatic rings. The van der Waals surface area contributed by atoms with E-state index in [0.29, 0.717) is 12.4 Å². The molecule has 1 N–H and O–H groups in total. The predicted octanol–water partition coefficient (Wildman–Crippen LogP) is 3.81. The molecule has 0 radical (unpaired) electrons. The van der Waals surface area contributed by atoms with Crippen molar-refractivity contribution in [3.8, 4) is 11.5 Å². The quantitative estimate of drug-likeness (QED) is 0.768.